The summed E-state index contributed by atoms with van der Waals surface area (Å²) in [4.78, 5) is 0. The van der Waals surface area contributed by atoms with Crippen LogP contribution in [0.4, 0.5) is 26.3 Å². The molecule has 0 aromatic heterocycles. The van der Waals surface area contributed by atoms with Gasteiger partial charge in [-0.1, -0.05) is 13.0 Å². The average Bonchev–Trinajstić information content (AvgIpc) is 2.67. The molecule has 18 heavy (non-hydrogen) atoms. The van der Waals surface area contributed by atoms with Crippen molar-refractivity contribution in [2.24, 2.45) is 11.3 Å². The Morgan fingerprint density at radius 3 is 1.94 bits per heavy atom. The van der Waals surface area contributed by atoms with Gasteiger partial charge in [0.2, 0.25) is 0 Å². The van der Waals surface area contributed by atoms with E-state index in [1.807, 2.05) is 0 Å². The highest BCUT2D eigenvalue weighted by Gasteiger charge is 2.75. The van der Waals surface area contributed by atoms with Crippen LogP contribution in [-0.2, 0) is 0 Å². The maximum Gasteiger partial charge on any atom is 0.430 e. The summed E-state index contributed by atoms with van der Waals surface area (Å²) in [5.74, 6) is -0.291. The second-order valence-electron chi connectivity index (χ2n) is 5.35. The molecule has 1 saturated carbocycles. The largest absolute Gasteiger partial charge is 0.430 e. The summed E-state index contributed by atoms with van der Waals surface area (Å²) >= 11 is 0. The number of allylic oxidation sites excluding steroid dienone is 1. The number of hydrogen-bond donors (Lipinski definition) is 1. The molecule has 7 heteroatoms. The fraction of sp³-hybridized carbons (Fsp3) is 0.818. The van der Waals surface area contributed by atoms with E-state index in [-0.39, 0.29) is 18.8 Å². The second-order valence-corrected chi connectivity index (χ2v) is 5.35. The van der Waals surface area contributed by atoms with E-state index >= 15 is 0 Å². The topological polar surface area (TPSA) is 20.2 Å². The van der Waals surface area contributed by atoms with Crippen LogP contribution in [0.25, 0.3) is 0 Å². The van der Waals surface area contributed by atoms with Gasteiger partial charge in [0.1, 0.15) is 0 Å². The number of rotatable bonds is 1. The van der Waals surface area contributed by atoms with Crippen LogP contribution in [0, 0.1) is 11.3 Å². The molecular weight excluding hydrogens is 262 g/mol. The Hall–Kier alpha value is -0.720. The van der Waals surface area contributed by atoms with Crippen LogP contribution in [0.3, 0.4) is 0 Å². The van der Waals surface area contributed by atoms with Crippen molar-refractivity contribution in [1.29, 1.82) is 0 Å². The third-order valence-electron chi connectivity index (χ3n) is 4.04. The zero-order valence-corrected chi connectivity index (χ0v) is 9.49. The van der Waals surface area contributed by atoms with Gasteiger partial charge in [0.25, 0.3) is 5.60 Å². The first-order valence-corrected chi connectivity index (χ1v) is 5.50. The van der Waals surface area contributed by atoms with E-state index in [4.69, 9.17) is 0 Å². The molecule has 2 aliphatic rings. The second kappa shape index (κ2) is 3.43. The van der Waals surface area contributed by atoms with Crippen molar-refractivity contribution >= 4 is 0 Å². The standard InChI is InChI=1S/C11H12F6O/c1-8-3-2-6(5-8)4-7(8)9(18,10(12,13)14)11(15,16)17/h4,6,18H,2-3,5H2,1H3. The lowest BCUT2D eigenvalue weighted by molar-refractivity contribution is -0.355. The zero-order chi connectivity index (χ0) is 14.0. The molecule has 0 radical (unpaired) electrons. The van der Waals surface area contributed by atoms with Gasteiger partial charge in [-0.05, 0) is 36.2 Å². The van der Waals surface area contributed by atoms with Gasteiger partial charge in [-0.15, -0.1) is 0 Å². The van der Waals surface area contributed by atoms with Crippen LogP contribution in [0.1, 0.15) is 26.2 Å². The van der Waals surface area contributed by atoms with E-state index in [0.717, 1.165) is 6.08 Å². The molecular formula is C11H12F6O. The molecule has 0 amide bonds. The summed E-state index contributed by atoms with van der Waals surface area (Å²) in [5, 5.41) is 9.35. The minimum Gasteiger partial charge on any atom is -0.370 e. The highest BCUT2D eigenvalue weighted by atomic mass is 19.4. The summed E-state index contributed by atoms with van der Waals surface area (Å²) in [6, 6.07) is 0. The molecule has 0 aromatic carbocycles. The Morgan fingerprint density at radius 2 is 1.67 bits per heavy atom. The van der Waals surface area contributed by atoms with Crippen LogP contribution < -0.4 is 0 Å². The van der Waals surface area contributed by atoms with Crippen LogP contribution >= 0.6 is 0 Å². The van der Waals surface area contributed by atoms with E-state index in [9.17, 15) is 31.4 Å². The summed E-state index contributed by atoms with van der Waals surface area (Å²) in [5.41, 5.74) is -6.85. The molecule has 2 atom stereocenters. The van der Waals surface area contributed by atoms with Crippen LogP contribution in [0.15, 0.2) is 11.6 Å². The van der Waals surface area contributed by atoms with Gasteiger partial charge in [-0.2, -0.15) is 26.3 Å². The first kappa shape index (κ1) is 13.7. The van der Waals surface area contributed by atoms with E-state index in [1.54, 1.807) is 0 Å². The molecule has 2 aliphatic carbocycles. The molecule has 1 nitrogen and oxygen atoms in total. The Balaban J connectivity index is 2.55. The van der Waals surface area contributed by atoms with Crippen molar-refractivity contribution < 1.29 is 31.4 Å². The van der Waals surface area contributed by atoms with Gasteiger partial charge in [-0.3, -0.25) is 0 Å². The van der Waals surface area contributed by atoms with Gasteiger partial charge in [-0.25, -0.2) is 0 Å². The SMILES string of the molecule is CC12CCC(C=C1C(O)(C(F)(F)F)C(F)(F)F)C2. The third kappa shape index (κ3) is 1.59. The molecule has 1 N–H and O–H groups in total. The summed E-state index contributed by atoms with van der Waals surface area (Å²) in [6.07, 6.45) is -9.49. The molecule has 0 aromatic rings. The first-order chi connectivity index (χ1) is 7.92. The molecule has 2 unspecified atom stereocenters. The number of hydrogen-bond acceptors (Lipinski definition) is 1. The van der Waals surface area contributed by atoms with Crippen molar-refractivity contribution in [1.82, 2.24) is 0 Å². The number of alkyl halides is 6. The maximum atomic E-state index is 12.7. The number of aliphatic hydroxyl groups is 1. The molecule has 2 bridgehead atoms. The molecule has 0 spiro atoms. The van der Waals surface area contributed by atoms with Gasteiger partial charge >= 0.3 is 12.4 Å². The fourth-order valence-corrected chi connectivity index (χ4v) is 3.13. The molecule has 0 saturated heterocycles. The quantitative estimate of drug-likeness (QED) is 0.572. The molecule has 104 valence electrons. The summed E-state index contributed by atoms with van der Waals surface area (Å²) in [7, 11) is 0. The smallest absolute Gasteiger partial charge is 0.370 e. The van der Waals surface area contributed by atoms with Crippen molar-refractivity contribution in [2.75, 3.05) is 0 Å². The Morgan fingerprint density at radius 1 is 1.17 bits per heavy atom. The highest BCUT2D eigenvalue weighted by molar-refractivity contribution is 5.36. The Labute approximate surface area is 99.5 Å². The molecule has 0 aliphatic heterocycles. The maximum absolute atomic E-state index is 12.7. The number of fused-ring (bicyclic) bond motifs is 2. The van der Waals surface area contributed by atoms with E-state index in [2.05, 4.69) is 0 Å². The first-order valence-electron chi connectivity index (χ1n) is 5.50. The molecule has 0 heterocycles. The minimum atomic E-state index is -5.76. The lowest BCUT2D eigenvalue weighted by Crippen LogP contribution is -2.60. The minimum absolute atomic E-state index is 0.247. The van der Waals surface area contributed by atoms with E-state index in [1.165, 1.54) is 6.92 Å². The van der Waals surface area contributed by atoms with Crippen LogP contribution in [0.2, 0.25) is 0 Å². The van der Waals surface area contributed by atoms with E-state index in [0.29, 0.717) is 6.42 Å². The van der Waals surface area contributed by atoms with Crippen molar-refractivity contribution in [2.45, 2.75) is 44.1 Å². The number of halogens is 6. The zero-order valence-electron chi connectivity index (χ0n) is 9.49. The van der Waals surface area contributed by atoms with Gasteiger partial charge < -0.3 is 5.11 Å². The monoisotopic (exact) mass is 274 g/mol. The normalized spacial score (nSPS) is 32.9. The van der Waals surface area contributed by atoms with Crippen molar-refractivity contribution in [3.63, 3.8) is 0 Å². The highest BCUT2D eigenvalue weighted by Crippen LogP contribution is 2.62. The lowest BCUT2D eigenvalue weighted by Gasteiger charge is -2.40. The van der Waals surface area contributed by atoms with Crippen molar-refractivity contribution in [3.05, 3.63) is 11.6 Å². The van der Waals surface area contributed by atoms with Gasteiger partial charge in [0.15, 0.2) is 0 Å². The molecule has 2 rings (SSSR count). The molecule has 1 fully saturated rings. The summed E-state index contributed by atoms with van der Waals surface area (Å²) < 4.78 is 76.4. The van der Waals surface area contributed by atoms with Gasteiger partial charge in [0.05, 0.1) is 0 Å². The average molecular weight is 274 g/mol. The third-order valence-corrected chi connectivity index (χ3v) is 4.04. The van der Waals surface area contributed by atoms with Crippen LogP contribution in [0.5, 0.6) is 0 Å². The predicted octanol–water partition coefficient (Wildman–Crippen LogP) is 3.59. The van der Waals surface area contributed by atoms with E-state index < -0.39 is 28.9 Å². The Kier molecular flexibility index (Phi) is 2.61. The lowest BCUT2D eigenvalue weighted by atomic mass is 9.73. The van der Waals surface area contributed by atoms with Gasteiger partial charge in [0, 0.05) is 0 Å². The summed E-state index contributed by atoms with van der Waals surface area (Å²) in [6.45, 7) is 1.36. The fourth-order valence-electron chi connectivity index (χ4n) is 3.13. The Bertz CT molecular complexity index is 379. The van der Waals surface area contributed by atoms with Crippen LogP contribution in [-0.4, -0.2) is 23.1 Å². The predicted molar refractivity (Wildman–Crippen MR) is 50.6 cm³/mol. The van der Waals surface area contributed by atoms with Crippen molar-refractivity contribution in [3.8, 4) is 0 Å².